The molecule has 1 aliphatic rings. The zero-order valence-corrected chi connectivity index (χ0v) is 16.4. The predicted molar refractivity (Wildman–Crippen MR) is 110 cm³/mol. The molecule has 0 radical (unpaired) electrons. The van der Waals surface area contributed by atoms with E-state index >= 15 is 0 Å². The number of nitrogens with zero attached hydrogens (tertiary/aromatic N) is 1. The number of ether oxygens (including phenoxy) is 1. The smallest absolute Gasteiger partial charge is 0.295 e. The highest BCUT2D eigenvalue weighted by Crippen LogP contribution is 2.40. The number of Topliss-reactive ketones (excluding diaryl/α,β-unsaturated/α-hetero) is 1. The van der Waals surface area contributed by atoms with Gasteiger partial charge in [0.2, 0.25) is 0 Å². The van der Waals surface area contributed by atoms with Gasteiger partial charge in [-0.2, -0.15) is 0 Å². The van der Waals surface area contributed by atoms with Crippen molar-refractivity contribution in [2.45, 2.75) is 12.5 Å². The summed E-state index contributed by atoms with van der Waals surface area (Å²) in [5.41, 5.74) is 1.78. The molecule has 1 fully saturated rings. The quantitative estimate of drug-likeness (QED) is 0.282. The van der Waals surface area contributed by atoms with Crippen LogP contribution in [0, 0.1) is 5.82 Å². The number of nitrogens with one attached hydrogen (secondary N) is 1. The van der Waals surface area contributed by atoms with Gasteiger partial charge in [0.05, 0.1) is 11.6 Å². The third kappa shape index (κ3) is 3.37. The van der Waals surface area contributed by atoms with Gasteiger partial charge in [-0.1, -0.05) is 30.3 Å². The van der Waals surface area contributed by atoms with Crippen molar-refractivity contribution in [2.75, 3.05) is 20.3 Å². The maximum Gasteiger partial charge on any atom is 0.295 e. The first-order valence-electron chi connectivity index (χ1n) is 9.62. The monoisotopic (exact) mass is 408 g/mol. The van der Waals surface area contributed by atoms with Crippen LogP contribution in [0.3, 0.4) is 0 Å². The van der Waals surface area contributed by atoms with Gasteiger partial charge in [-0.05, 0) is 30.2 Å². The van der Waals surface area contributed by atoms with E-state index < -0.39 is 23.5 Å². The fourth-order valence-electron chi connectivity index (χ4n) is 3.89. The fourth-order valence-corrected chi connectivity index (χ4v) is 3.89. The van der Waals surface area contributed by atoms with Gasteiger partial charge in [0.15, 0.2) is 0 Å². The van der Waals surface area contributed by atoms with Crippen molar-refractivity contribution in [1.29, 1.82) is 0 Å². The summed E-state index contributed by atoms with van der Waals surface area (Å²) in [4.78, 5) is 30.2. The first-order chi connectivity index (χ1) is 14.5. The SMILES string of the molecule is COCCCN1C(=O)C(=O)/C(=C(\O)c2c[nH]c3ccccc23)C1c1ccc(F)cc1. The Balaban J connectivity index is 1.86. The molecule has 1 amide bonds. The van der Waals surface area contributed by atoms with Crippen LogP contribution in [0.4, 0.5) is 4.39 Å². The summed E-state index contributed by atoms with van der Waals surface area (Å²) in [6.45, 7) is 0.687. The highest BCUT2D eigenvalue weighted by molar-refractivity contribution is 6.46. The molecule has 154 valence electrons. The van der Waals surface area contributed by atoms with Gasteiger partial charge in [-0.15, -0.1) is 0 Å². The molecule has 1 atom stereocenters. The highest BCUT2D eigenvalue weighted by atomic mass is 19.1. The van der Waals surface area contributed by atoms with E-state index in [2.05, 4.69) is 4.98 Å². The minimum absolute atomic E-state index is 0.00576. The summed E-state index contributed by atoms with van der Waals surface area (Å²) in [5.74, 6) is -2.13. The minimum Gasteiger partial charge on any atom is -0.507 e. The van der Waals surface area contributed by atoms with Crippen LogP contribution in [0.5, 0.6) is 0 Å². The number of aliphatic hydroxyl groups excluding tert-OH is 1. The van der Waals surface area contributed by atoms with Gasteiger partial charge in [0.25, 0.3) is 11.7 Å². The average Bonchev–Trinajstić information content (AvgIpc) is 3.29. The Hall–Kier alpha value is -3.45. The number of benzene rings is 2. The largest absolute Gasteiger partial charge is 0.507 e. The van der Waals surface area contributed by atoms with Crippen LogP contribution in [0.15, 0.2) is 60.3 Å². The Morgan fingerprint density at radius 3 is 2.63 bits per heavy atom. The van der Waals surface area contributed by atoms with Crippen LogP contribution in [0.1, 0.15) is 23.6 Å². The molecule has 1 aliphatic heterocycles. The van der Waals surface area contributed by atoms with Crippen LogP contribution in [-0.4, -0.2) is 46.9 Å². The summed E-state index contributed by atoms with van der Waals surface area (Å²) in [6, 6.07) is 12.2. The number of halogens is 1. The second kappa shape index (κ2) is 8.12. The van der Waals surface area contributed by atoms with E-state index in [1.165, 1.54) is 29.2 Å². The van der Waals surface area contributed by atoms with Crippen molar-refractivity contribution in [2.24, 2.45) is 0 Å². The summed E-state index contributed by atoms with van der Waals surface area (Å²) in [6.07, 6.45) is 2.13. The van der Waals surface area contributed by atoms with Crippen molar-refractivity contribution >= 4 is 28.4 Å². The Labute approximate surface area is 172 Å². The number of likely N-dealkylation sites (tertiary alicyclic amines) is 1. The summed E-state index contributed by atoms with van der Waals surface area (Å²) in [5, 5.41) is 11.9. The molecule has 4 rings (SSSR count). The normalized spacial score (nSPS) is 18.5. The number of hydrogen-bond acceptors (Lipinski definition) is 4. The number of aliphatic hydroxyl groups is 1. The lowest BCUT2D eigenvalue weighted by molar-refractivity contribution is -0.140. The Kier molecular flexibility index (Phi) is 5.37. The molecule has 3 aromatic rings. The first kappa shape index (κ1) is 19.8. The number of aromatic amines is 1. The van der Waals surface area contributed by atoms with E-state index in [1.807, 2.05) is 24.3 Å². The molecule has 1 aromatic heterocycles. The molecule has 0 spiro atoms. The van der Waals surface area contributed by atoms with Crippen molar-refractivity contribution in [3.8, 4) is 0 Å². The second-order valence-electron chi connectivity index (χ2n) is 7.14. The summed E-state index contributed by atoms with van der Waals surface area (Å²) >= 11 is 0. The molecular formula is C23H21FN2O4. The number of fused-ring (bicyclic) bond motifs is 1. The zero-order chi connectivity index (χ0) is 21.3. The number of methoxy groups -OCH3 is 1. The van der Waals surface area contributed by atoms with Gasteiger partial charge >= 0.3 is 0 Å². The van der Waals surface area contributed by atoms with Crippen molar-refractivity contribution < 1.29 is 23.8 Å². The maximum absolute atomic E-state index is 13.5. The van der Waals surface area contributed by atoms with Crippen molar-refractivity contribution in [1.82, 2.24) is 9.88 Å². The maximum atomic E-state index is 13.5. The van der Waals surface area contributed by atoms with Crippen LogP contribution >= 0.6 is 0 Å². The number of hydrogen-bond donors (Lipinski definition) is 2. The Morgan fingerprint density at radius 2 is 1.90 bits per heavy atom. The molecule has 6 nitrogen and oxygen atoms in total. The van der Waals surface area contributed by atoms with E-state index in [1.54, 1.807) is 13.3 Å². The molecule has 0 bridgehead atoms. The Bertz CT molecular complexity index is 1130. The fraction of sp³-hybridized carbons (Fsp3) is 0.217. The van der Waals surface area contributed by atoms with Gasteiger partial charge in [-0.3, -0.25) is 9.59 Å². The number of rotatable bonds is 6. The van der Waals surface area contributed by atoms with E-state index in [0.29, 0.717) is 24.2 Å². The van der Waals surface area contributed by atoms with Gasteiger partial charge in [0, 0.05) is 42.9 Å². The number of ketones is 1. The van der Waals surface area contributed by atoms with Crippen LogP contribution in [-0.2, 0) is 14.3 Å². The topological polar surface area (TPSA) is 82.6 Å². The third-order valence-electron chi connectivity index (χ3n) is 5.32. The van der Waals surface area contributed by atoms with Crippen LogP contribution in [0.25, 0.3) is 16.7 Å². The zero-order valence-electron chi connectivity index (χ0n) is 16.4. The second-order valence-corrected chi connectivity index (χ2v) is 7.14. The van der Waals surface area contributed by atoms with Crippen molar-refractivity contribution in [3.05, 3.63) is 77.2 Å². The standard InChI is InChI=1S/C23H21FN2O4/c1-30-12-4-11-26-20(14-7-9-15(24)10-8-14)19(22(28)23(26)29)21(27)17-13-25-18-6-3-2-5-16(17)18/h2-3,5-10,13,20,25,27H,4,11-12H2,1H3/b21-19-. The molecular weight excluding hydrogens is 387 g/mol. The number of H-pyrrole nitrogens is 1. The van der Waals surface area contributed by atoms with Crippen molar-refractivity contribution in [3.63, 3.8) is 0 Å². The average molecular weight is 408 g/mol. The number of para-hydroxylation sites is 1. The summed E-state index contributed by atoms with van der Waals surface area (Å²) < 4.78 is 18.6. The van der Waals surface area contributed by atoms with E-state index in [0.717, 1.165) is 10.9 Å². The van der Waals surface area contributed by atoms with Crippen LogP contribution < -0.4 is 0 Å². The Morgan fingerprint density at radius 1 is 1.17 bits per heavy atom. The minimum atomic E-state index is -0.809. The van der Waals surface area contributed by atoms with Gasteiger partial charge in [0.1, 0.15) is 11.6 Å². The van der Waals surface area contributed by atoms with Gasteiger partial charge in [-0.25, -0.2) is 4.39 Å². The predicted octanol–water partition coefficient (Wildman–Crippen LogP) is 3.77. The van der Waals surface area contributed by atoms with E-state index in [4.69, 9.17) is 4.74 Å². The molecule has 0 aliphatic carbocycles. The molecule has 2 N–H and O–H groups in total. The van der Waals surface area contributed by atoms with Crippen LogP contribution in [0.2, 0.25) is 0 Å². The third-order valence-corrected chi connectivity index (χ3v) is 5.32. The molecule has 1 saturated heterocycles. The highest BCUT2D eigenvalue weighted by Gasteiger charge is 2.46. The lowest BCUT2D eigenvalue weighted by Crippen LogP contribution is -2.31. The molecule has 30 heavy (non-hydrogen) atoms. The van der Waals surface area contributed by atoms with Gasteiger partial charge < -0.3 is 19.7 Å². The number of aromatic nitrogens is 1. The lowest BCUT2D eigenvalue weighted by atomic mass is 9.95. The molecule has 2 heterocycles. The van der Waals surface area contributed by atoms with E-state index in [-0.39, 0.29) is 17.9 Å². The first-order valence-corrected chi connectivity index (χ1v) is 9.62. The lowest BCUT2D eigenvalue weighted by Gasteiger charge is -2.25. The summed E-state index contributed by atoms with van der Waals surface area (Å²) in [7, 11) is 1.56. The number of amides is 1. The molecule has 7 heteroatoms. The molecule has 1 unspecified atom stereocenters. The van der Waals surface area contributed by atoms with E-state index in [9.17, 15) is 19.1 Å². The molecule has 0 saturated carbocycles. The number of carbonyl (C=O) groups is 2. The number of carbonyl (C=O) groups excluding carboxylic acids is 2. The molecule has 2 aromatic carbocycles.